The van der Waals surface area contributed by atoms with Crippen LogP contribution >= 0.6 is 24.8 Å². The summed E-state index contributed by atoms with van der Waals surface area (Å²) >= 11 is 0. The Bertz CT molecular complexity index is 495. The Morgan fingerprint density at radius 2 is 1.76 bits per heavy atom. The molecule has 0 aliphatic heterocycles. The smallest absolute Gasteiger partial charge is 0.390 e. The first-order valence-corrected chi connectivity index (χ1v) is 7.66. The van der Waals surface area contributed by atoms with Crippen LogP contribution in [0.3, 0.4) is 0 Å². The molecule has 2 N–H and O–H groups in total. The van der Waals surface area contributed by atoms with Gasteiger partial charge in [-0.1, -0.05) is 13.8 Å². The predicted molar refractivity (Wildman–Crippen MR) is 95.5 cm³/mol. The first-order valence-electron chi connectivity index (χ1n) is 7.66. The highest BCUT2D eigenvalue weighted by molar-refractivity contribution is 5.94. The molecule has 1 heterocycles. The zero-order chi connectivity index (χ0) is 17.5. The fourth-order valence-electron chi connectivity index (χ4n) is 2.16. The normalized spacial score (nSPS) is 11.0. The average Bonchev–Trinajstić information content (AvgIpc) is 2.98. The summed E-state index contributed by atoms with van der Waals surface area (Å²) in [6, 6.07) is 1.47. The van der Waals surface area contributed by atoms with Crippen molar-refractivity contribution in [1.29, 1.82) is 0 Å². The molecule has 0 fully saturated rings. The van der Waals surface area contributed by atoms with E-state index in [2.05, 4.69) is 4.90 Å². The number of rotatable bonds is 9. The summed E-state index contributed by atoms with van der Waals surface area (Å²) in [7, 11) is 0. The third-order valence-electron chi connectivity index (χ3n) is 3.63. The molecule has 1 amide bonds. The van der Waals surface area contributed by atoms with Gasteiger partial charge in [0.2, 0.25) is 0 Å². The van der Waals surface area contributed by atoms with Crippen molar-refractivity contribution in [3.05, 3.63) is 23.7 Å². The second-order valence-electron chi connectivity index (χ2n) is 5.19. The second kappa shape index (κ2) is 12.4. The lowest BCUT2D eigenvalue weighted by atomic mass is 10.2. The van der Waals surface area contributed by atoms with Gasteiger partial charge >= 0.3 is 6.18 Å². The van der Waals surface area contributed by atoms with Crippen LogP contribution in [-0.4, -0.2) is 54.6 Å². The van der Waals surface area contributed by atoms with Gasteiger partial charge in [0, 0.05) is 19.6 Å². The molecule has 0 atom stereocenters. The molecule has 10 heteroatoms. The van der Waals surface area contributed by atoms with Crippen LogP contribution in [-0.2, 0) is 6.54 Å². The fraction of sp³-hybridized carbons (Fsp3) is 0.667. The second-order valence-corrected chi connectivity index (χ2v) is 5.19. The molecule has 25 heavy (non-hydrogen) atoms. The number of furan rings is 1. The maximum atomic E-state index is 12.5. The van der Waals surface area contributed by atoms with Crippen LogP contribution in [0, 0.1) is 0 Å². The number of nitrogens with zero attached hydrogens (tertiary/aromatic N) is 2. The van der Waals surface area contributed by atoms with E-state index < -0.39 is 18.5 Å². The molecular formula is C15H26Cl2F3N3O2. The van der Waals surface area contributed by atoms with Crippen molar-refractivity contribution in [2.24, 2.45) is 5.73 Å². The van der Waals surface area contributed by atoms with E-state index >= 15 is 0 Å². The largest absolute Gasteiger partial charge is 0.467 e. The van der Waals surface area contributed by atoms with E-state index in [0.717, 1.165) is 13.1 Å². The van der Waals surface area contributed by atoms with Crippen LogP contribution in [0.15, 0.2) is 16.7 Å². The molecule has 5 nitrogen and oxygen atoms in total. The summed E-state index contributed by atoms with van der Waals surface area (Å²) in [5, 5.41) is 0. The van der Waals surface area contributed by atoms with Crippen LogP contribution in [0.4, 0.5) is 13.2 Å². The van der Waals surface area contributed by atoms with Gasteiger partial charge in [-0.3, -0.25) is 4.79 Å². The third kappa shape index (κ3) is 9.34. The van der Waals surface area contributed by atoms with Crippen molar-refractivity contribution in [2.75, 3.05) is 32.7 Å². The Morgan fingerprint density at radius 3 is 2.20 bits per heavy atom. The molecule has 0 bridgehead atoms. The summed E-state index contributed by atoms with van der Waals surface area (Å²) in [5.41, 5.74) is 5.64. The van der Waals surface area contributed by atoms with Crippen molar-refractivity contribution in [1.82, 2.24) is 9.80 Å². The summed E-state index contributed by atoms with van der Waals surface area (Å²) in [4.78, 5) is 15.7. The standard InChI is InChI=1S/C15H24F3N3O2.2ClH/c1-3-20(4-2)7-8-21(6-5-15(16,17)18)14(22)12-9-13(10-19)23-11-12;;/h9,11H,3-8,10,19H2,1-2H3;2*1H. The Hall–Kier alpha value is -0.960. The maximum absolute atomic E-state index is 12.5. The van der Waals surface area contributed by atoms with E-state index in [0.29, 0.717) is 12.3 Å². The van der Waals surface area contributed by atoms with Crippen molar-refractivity contribution >= 4 is 30.7 Å². The molecule has 0 saturated heterocycles. The minimum absolute atomic E-state index is 0. The number of hydrogen-bond donors (Lipinski definition) is 1. The van der Waals surface area contributed by atoms with E-state index in [1.165, 1.54) is 17.2 Å². The molecule has 0 spiro atoms. The Morgan fingerprint density at radius 1 is 1.16 bits per heavy atom. The van der Waals surface area contributed by atoms with Gasteiger partial charge in [0.25, 0.3) is 5.91 Å². The van der Waals surface area contributed by atoms with Gasteiger partial charge in [0.05, 0.1) is 18.5 Å². The molecule has 1 aromatic heterocycles. The molecule has 0 aliphatic carbocycles. The molecule has 0 aliphatic rings. The van der Waals surface area contributed by atoms with Crippen molar-refractivity contribution < 1.29 is 22.4 Å². The zero-order valence-corrected chi connectivity index (χ0v) is 16.0. The molecule has 1 aromatic rings. The molecule has 148 valence electrons. The van der Waals surface area contributed by atoms with Crippen molar-refractivity contribution in [3.8, 4) is 0 Å². The summed E-state index contributed by atoms with van der Waals surface area (Å²) in [6.45, 7) is 6.02. The topological polar surface area (TPSA) is 62.7 Å². The van der Waals surface area contributed by atoms with E-state index in [1.807, 2.05) is 13.8 Å². The Labute approximate surface area is 158 Å². The number of carbonyl (C=O) groups excluding carboxylic acids is 1. The maximum Gasteiger partial charge on any atom is 0.390 e. The first kappa shape index (κ1) is 26.3. The number of alkyl halides is 3. The number of nitrogens with two attached hydrogens (primary N) is 1. The molecule has 1 rings (SSSR count). The highest BCUT2D eigenvalue weighted by Gasteiger charge is 2.29. The van der Waals surface area contributed by atoms with Crippen LogP contribution in [0.1, 0.15) is 36.4 Å². The molecular weight excluding hydrogens is 382 g/mol. The lowest BCUT2D eigenvalue weighted by molar-refractivity contribution is -0.136. The van der Waals surface area contributed by atoms with Crippen LogP contribution in [0.25, 0.3) is 0 Å². The number of hydrogen-bond acceptors (Lipinski definition) is 4. The highest BCUT2D eigenvalue weighted by atomic mass is 35.5. The van der Waals surface area contributed by atoms with Crippen LogP contribution in [0.2, 0.25) is 0 Å². The van der Waals surface area contributed by atoms with Crippen LogP contribution in [0.5, 0.6) is 0 Å². The SMILES string of the molecule is CCN(CC)CCN(CCC(F)(F)F)C(=O)c1coc(CN)c1.Cl.Cl. The number of amides is 1. The molecule has 0 aromatic carbocycles. The van der Waals surface area contributed by atoms with E-state index in [4.69, 9.17) is 10.2 Å². The summed E-state index contributed by atoms with van der Waals surface area (Å²) in [6.07, 6.45) is -4.09. The van der Waals surface area contributed by atoms with Gasteiger partial charge in [-0.05, 0) is 19.2 Å². The van der Waals surface area contributed by atoms with Gasteiger partial charge in [0.1, 0.15) is 12.0 Å². The van der Waals surface area contributed by atoms with Gasteiger partial charge in [-0.25, -0.2) is 0 Å². The van der Waals surface area contributed by atoms with Gasteiger partial charge in [-0.15, -0.1) is 24.8 Å². The van der Waals surface area contributed by atoms with Crippen molar-refractivity contribution in [3.63, 3.8) is 0 Å². The van der Waals surface area contributed by atoms with E-state index in [1.54, 1.807) is 0 Å². The quantitative estimate of drug-likeness (QED) is 0.681. The zero-order valence-electron chi connectivity index (χ0n) is 14.3. The first-order chi connectivity index (χ1) is 10.8. The number of likely N-dealkylation sites (N-methyl/N-ethyl adjacent to an activating group) is 1. The van der Waals surface area contributed by atoms with Gasteiger partial charge < -0.3 is 20.0 Å². The highest BCUT2D eigenvalue weighted by Crippen LogP contribution is 2.20. The van der Waals surface area contributed by atoms with Gasteiger partial charge in [-0.2, -0.15) is 13.2 Å². The predicted octanol–water partition coefficient (Wildman–Crippen LogP) is 3.32. The molecule has 0 radical (unpaired) electrons. The van der Waals surface area contributed by atoms with E-state index in [-0.39, 0.29) is 50.0 Å². The minimum Gasteiger partial charge on any atom is -0.467 e. The average molecular weight is 408 g/mol. The van der Waals surface area contributed by atoms with Crippen LogP contribution < -0.4 is 5.73 Å². The van der Waals surface area contributed by atoms with Gasteiger partial charge in [0.15, 0.2) is 0 Å². The summed E-state index contributed by atoms with van der Waals surface area (Å²) < 4.78 is 42.6. The monoisotopic (exact) mass is 407 g/mol. The molecule has 0 saturated carbocycles. The minimum atomic E-state index is -4.30. The fourth-order valence-corrected chi connectivity index (χ4v) is 2.16. The molecule has 0 unspecified atom stereocenters. The number of carbonyl (C=O) groups is 1. The Kier molecular flexibility index (Phi) is 13.0. The summed E-state index contributed by atoms with van der Waals surface area (Å²) in [5.74, 6) is -0.0438. The lowest BCUT2D eigenvalue weighted by Gasteiger charge is -2.26. The van der Waals surface area contributed by atoms with Crippen molar-refractivity contribution in [2.45, 2.75) is 33.0 Å². The lowest BCUT2D eigenvalue weighted by Crippen LogP contribution is -2.40. The van der Waals surface area contributed by atoms with E-state index in [9.17, 15) is 18.0 Å². The Balaban J connectivity index is 0. The number of halogens is 5. The third-order valence-corrected chi connectivity index (χ3v) is 3.63.